The monoisotopic (exact) mass is 499 g/mol. The number of amides is 2. The molecule has 5 rings (SSSR count). The highest BCUT2D eigenvalue weighted by Gasteiger charge is 2.29. The molecule has 9 nitrogen and oxygen atoms in total. The molecule has 2 aliphatic heterocycles. The van der Waals surface area contributed by atoms with Gasteiger partial charge in [0.2, 0.25) is 0 Å². The van der Waals surface area contributed by atoms with Crippen LogP contribution in [0.25, 0.3) is 5.65 Å². The Bertz CT molecular complexity index is 1080. The number of carbonyl (C=O) groups excluding carboxylic acids is 1. The fourth-order valence-corrected chi connectivity index (χ4v) is 4.65. The summed E-state index contributed by atoms with van der Waals surface area (Å²) in [6, 6.07) is 6.19. The number of halogens is 1. The van der Waals surface area contributed by atoms with Crippen molar-refractivity contribution in [2.45, 2.75) is 25.3 Å². The van der Waals surface area contributed by atoms with Gasteiger partial charge in [-0.3, -0.25) is 4.98 Å². The average Bonchev–Trinajstić information content (AvgIpc) is 3.24. The Morgan fingerprint density at radius 2 is 1.94 bits per heavy atom. The first-order chi connectivity index (χ1) is 15.7. The van der Waals surface area contributed by atoms with Crippen LogP contribution in [-0.4, -0.2) is 74.8 Å². The third kappa shape index (κ3) is 4.42. The number of morpholine rings is 1. The van der Waals surface area contributed by atoms with E-state index in [1.165, 1.54) is 0 Å². The van der Waals surface area contributed by atoms with Crippen LogP contribution in [0.5, 0.6) is 0 Å². The van der Waals surface area contributed by atoms with Crippen molar-refractivity contribution in [3.8, 4) is 0 Å². The van der Waals surface area contributed by atoms with Crippen LogP contribution in [-0.2, 0) is 11.3 Å². The number of carbonyl (C=O) groups is 1. The molecule has 0 atom stereocenters. The molecule has 10 heteroatoms. The van der Waals surface area contributed by atoms with Gasteiger partial charge >= 0.3 is 6.03 Å². The van der Waals surface area contributed by atoms with E-state index >= 15 is 0 Å². The minimum absolute atomic E-state index is 0.132. The Morgan fingerprint density at radius 1 is 1.16 bits per heavy atom. The number of rotatable bonds is 4. The highest BCUT2D eigenvalue weighted by Crippen LogP contribution is 2.31. The van der Waals surface area contributed by atoms with Gasteiger partial charge in [0.25, 0.3) is 0 Å². The van der Waals surface area contributed by atoms with Gasteiger partial charge in [0.05, 0.1) is 23.9 Å². The largest absolute Gasteiger partial charge is 0.378 e. The zero-order valence-corrected chi connectivity index (χ0v) is 19.4. The zero-order chi connectivity index (χ0) is 21.9. The number of aromatic nitrogens is 4. The lowest BCUT2D eigenvalue weighted by Gasteiger charge is -2.37. The van der Waals surface area contributed by atoms with Gasteiger partial charge in [0.15, 0.2) is 5.65 Å². The van der Waals surface area contributed by atoms with Gasteiger partial charge in [-0.05, 0) is 40.4 Å². The van der Waals surface area contributed by atoms with E-state index in [2.05, 4.69) is 37.4 Å². The normalized spacial score (nSPS) is 17.7. The molecule has 5 heterocycles. The van der Waals surface area contributed by atoms with Crippen LogP contribution < -0.4 is 5.32 Å². The number of nitrogens with one attached hydrogen (secondary N) is 1. The number of likely N-dealkylation sites (tertiary alicyclic amines) is 1. The molecule has 2 amide bonds. The zero-order valence-electron chi connectivity index (χ0n) is 17.8. The fraction of sp³-hybridized carbons (Fsp3) is 0.455. The van der Waals surface area contributed by atoms with Crippen molar-refractivity contribution < 1.29 is 9.53 Å². The lowest BCUT2D eigenvalue weighted by Crippen LogP contribution is -2.50. The molecule has 0 bridgehead atoms. The van der Waals surface area contributed by atoms with Crippen molar-refractivity contribution in [2.24, 2.45) is 0 Å². The summed E-state index contributed by atoms with van der Waals surface area (Å²) < 4.78 is 8.05. The van der Waals surface area contributed by atoms with Crippen LogP contribution in [0.15, 0.2) is 41.3 Å². The number of pyridine rings is 1. The van der Waals surface area contributed by atoms with Gasteiger partial charge in [-0.1, -0.05) is 6.07 Å². The van der Waals surface area contributed by atoms with Crippen LogP contribution in [0.3, 0.4) is 0 Å². The van der Waals surface area contributed by atoms with E-state index in [0.29, 0.717) is 38.8 Å². The highest BCUT2D eigenvalue weighted by molar-refractivity contribution is 9.10. The van der Waals surface area contributed by atoms with Crippen molar-refractivity contribution in [2.75, 3.05) is 44.7 Å². The van der Waals surface area contributed by atoms with Gasteiger partial charge in [-0.2, -0.15) is 9.61 Å². The lowest BCUT2D eigenvalue weighted by atomic mass is 9.93. The minimum Gasteiger partial charge on any atom is -0.378 e. The average molecular weight is 500 g/mol. The van der Waals surface area contributed by atoms with Crippen molar-refractivity contribution in [1.29, 1.82) is 0 Å². The van der Waals surface area contributed by atoms with E-state index in [9.17, 15) is 4.79 Å². The molecule has 0 unspecified atom stereocenters. The first kappa shape index (κ1) is 21.1. The number of urea groups is 1. The SMILES string of the molecule is O=C(N1CCOCC1)N1CCC(c2cc(NCc3cccnc3)n3ncc(Br)c3n2)CC1. The van der Waals surface area contributed by atoms with Gasteiger partial charge in [-0.15, -0.1) is 0 Å². The summed E-state index contributed by atoms with van der Waals surface area (Å²) in [5, 5.41) is 7.95. The quantitative estimate of drug-likeness (QED) is 0.593. The predicted molar refractivity (Wildman–Crippen MR) is 124 cm³/mol. The molecule has 2 aliphatic rings. The third-order valence-corrected chi connectivity index (χ3v) is 6.67. The summed E-state index contributed by atoms with van der Waals surface area (Å²) in [7, 11) is 0. The summed E-state index contributed by atoms with van der Waals surface area (Å²) in [6.07, 6.45) is 7.19. The molecule has 0 aromatic carbocycles. The fourth-order valence-electron chi connectivity index (χ4n) is 4.31. The van der Waals surface area contributed by atoms with Crippen LogP contribution in [0, 0.1) is 0 Å². The summed E-state index contributed by atoms with van der Waals surface area (Å²) in [5.41, 5.74) is 2.93. The molecule has 0 aliphatic carbocycles. The molecule has 32 heavy (non-hydrogen) atoms. The lowest BCUT2D eigenvalue weighted by molar-refractivity contribution is 0.0411. The number of hydrogen-bond acceptors (Lipinski definition) is 6. The van der Waals surface area contributed by atoms with Gasteiger partial charge in [-0.25, -0.2) is 9.78 Å². The van der Waals surface area contributed by atoms with E-state index in [1.54, 1.807) is 12.4 Å². The van der Waals surface area contributed by atoms with Crippen molar-refractivity contribution in [3.05, 3.63) is 52.5 Å². The van der Waals surface area contributed by atoms with Crippen LogP contribution in [0.4, 0.5) is 10.6 Å². The number of ether oxygens (including phenoxy) is 1. The number of hydrogen-bond donors (Lipinski definition) is 1. The van der Waals surface area contributed by atoms with Crippen LogP contribution in [0.1, 0.15) is 30.0 Å². The Morgan fingerprint density at radius 3 is 2.69 bits per heavy atom. The number of piperidine rings is 1. The highest BCUT2D eigenvalue weighted by atomic mass is 79.9. The summed E-state index contributed by atoms with van der Waals surface area (Å²) >= 11 is 3.58. The molecular weight excluding hydrogens is 474 g/mol. The maximum Gasteiger partial charge on any atom is 0.320 e. The summed E-state index contributed by atoms with van der Waals surface area (Å²) in [6.45, 7) is 4.74. The van der Waals surface area contributed by atoms with Gasteiger partial charge in [0.1, 0.15) is 5.82 Å². The van der Waals surface area contributed by atoms with Crippen molar-refractivity contribution in [3.63, 3.8) is 0 Å². The maximum absolute atomic E-state index is 12.8. The third-order valence-electron chi connectivity index (χ3n) is 6.11. The molecule has 168 valence electrons. The Hall–Kier alpha value is -2.72. The van der Waals surface area contributed by atoms with Crippen LogP contribution >= 0.6 is 15.9 Å². The Kier molecular flexibility index (Phi) is 6.22. The van der Waals surface area contributed by atoms with Crippen molar-refractivity contribution in [1.82, 2.24) is 29.4 Å². The maximum atomic E-state index is 12.8. The molecule has 0 spiro atoms. The molecule has 3 aromatic rings. The smallest absolute Gasteiger partial charge is 0.320 e. The first-order valence-corrected chi connectivity index (χ1v) is 11.8. The molecule has 2 saturated heterocycles. The van der Waals surface area contributed by atoms with E-state index in [1.807, 2.05) is 32.6 Å². The molecule has 0 saturated carbocycles. The standard InChI is InChI=1S/C22H26BrN7O2/c23-18-15-26-30-20(25-14-16-2-1-5-24-13-16)12-19(27-21(18)30)17-3-6-28(7-4-17)22(31)29-8-10-32-11-9-29/h1-2,5,12-13,15,17,25H,3-4,6-11,14H2. The second-order valence-electron chi connectivity index (χ2n) is 8.15. The van der Waals surface area contributed by atoms with Gasteiger partial charge < -0.3 is 19.9 Å². The Balaban J connectivity index is 1.31. The van der Waals surface area contributed by atoms with E-state index in [-0.39, 0.29) is 6.03 Å². The second-order valence-corrected chi connectivity index (χ2v) is 9.01. The van der Waals surface area contributed by atoms with E-state index < -0.39 is 0 Å². The molecule has 2 fully saturated rings. The minimum atomic E-state index is 0.132. The summed E-state index contributed by atoms with van der Waals surface area (Å²) in [5.74, 6) is 1.20. The number of anilines is 1. The summed E-state index contributed by atoms with van der Waals surface area (Å²) in [4.78, 5) is 25.8. The number of nitrogens with zero attached hydrogens (tertiary/aromatic N) is 6. The first-order valence-electron chi connectivity index (χ1n) is 11.0. The molecule has 0 radical (unpaired) electrons. The van der Waals surface area contributed by atoms with Gasteiger partial charge in [0, 0.05) is 62.8 Å². The van der Waals surface area contributed by atoms with E-state index in [0.717, 1.165) is 53.1 Å². The molecule has 1 N–H and O–H groups in total. The predicted octanol–water partition coefficient (Wildman–Crippen LogP) is 3.13. The second kappa shape index (κ2) is 9.41. The molecular formula is C22H26BrN7O2. The Labute approximate surface area is 194 Å². The molecule has 3 aromatic heterocycles. The van der Waals surface area contributed by atoms with E-state index in [4.69, 9.17) is 9.72 Å². The topological polar surface area (TPSA) is 87.9 Å². The van der Waals surface area contributed by atoms with Crippen molar-refractivity contribution >= 4 is 33.4 Å². The number of fused-ring (bicyclic) bond motifs is 1. The van der Waals surface area contributed by atoms with Crippen LogP contribution in [0.2, 0.25) is 0 Å².